The first kappa shape index (κ1) is 11.5. The predicted molar refractivity (Wildman–Crippen MR) is 68.7 cm³/mol. The van der Waals surface area contributed by atoms with Gasteiger partial charge in [-0.05, 0) is 19.3 Å². The lowest BCUT2D eigenvalue weighted by Crippen LogP contribution is -1.67. The van der Waals surface area contributed by atoms with Crippen molar-refractivity contribution in [2.45, 2.75) is 19.3 Å². The van der Waals surface area contributed by atoms with Gasteiger partial charge in [-0.25, -0.2) is 0 Å². The zero-order valence-corrected chi connectivity index (χ0v) is 9.05. The topological polar surface area (TPSA) is 0 Å². The van der Waals surface area contributed by atoms with Crippen LogP contribution in [0.15, 0.2) is 72.9 Å². The molecule has 1 aliphatic rings. The van der Waals surface area contributed by atoms with Crippen LogP contribution in [-0.2, 0) is 0 Å². The van der Waals surface area contributed by atoms with Gasteiger partial charge in [-0.1, -0.05) is 72.9 Å². The van der Waals surface area contributed by atoms with Crippen molar-refractivity contribution in [2.75, 3.05) is 0 Å². The minimum absolute atomic E-state index is 1.15. The molecule has 0 radical (unpaired) electrons. The Hall–Kier alpha value is -1.56. The smallest absolute Gasteiger partial charge is 0.0345 e. The summed E-state index contributed by atoms with van der Waals surface area (Å²) in [6.07, 6.45) is 28.5. The molecular formula is C15H18. The third-order valence-electron chi connectivity index (χ3n) is 2.01. The quantitative estimate of drug-likeness (QED) is 0.537. The molecule has 78 valence electrons. The van der Waals surface area contributed by atoms with E-state index in [1.165, 1.54) is 6.42 Å². The van der Waals surface area contributed by atoms with Crippen LogP contribution >= 0.6 is 0 Å². The molecule has 0 atom stereocenters. The first-order valence-electron chi connectivity index (χ1n) is 5.48. The van der Waals surface area contributed by atoms with E-state index >= 15 is 0 Å². The van der Waals surface area contributed by atoms with Gasteiger partial charge in [-0.2, -0.15) is 0 Å². The highest BCUT2D eigenvalue weighted by Gasteiger charge is 1.78. The third-order valence-corrected chi connectivity index (χ3v) is 2.01. The number of allylic oxidation sites excluding steroid dienone is 12. The van der Waals surface area contributed by atoms with Gasteiger partial charge in [0, 0.05) is 0 Å². The summed E-state index contributed by atoms with van der Waals surface area (Å²) in [5.41, 5.74) is 0. The monoisotopic (exact) mass is 198 g/mol. The minimum atomic E-state index is 1.15. The molecule has 0 unspecified atom stereocenters. The van der Waals surface area contributed by atoms with Crippen molar-refractivity contribution in [3.8, 4) is 0 Å². The van der Waals surface area contributed by atoms with Gasteiger partial charge in [0.2, 0.25) is 0 Å². The summed E-state index contributed by atoms with van der Waals surface area (Å²) >= 11 is 0. The van der Waals surface area contributed by atoms with Crippen molar-refractivity contribution in [1.29, 1.82) is 0 Å². The minimum Gasteiger partial charge on any atom is -0.0845 e. The summed E-state index contributed by atoms with van der Waals surface area (Å²) in [5, 5.41) is 0. The maximum atomic E-state index is 2.21. The second-order valence-corrected chi connectivity index (χ2v) is 3.33. The van der Waals surface area contributed by atoms with Crippen LogP contribution < -0.4 is 0 Å². The number of hydrogen-bond acceptors (Lipinski definition) is 0. The molecule has 0 nitrogen and oxygen atoms in total. The number of hydrogen-bond donors (Lipinski definition) is 0. The van der Waals surface area contributed by atoms with Crippen LogP contribution in [0.4, 0.5) is 0 Å². The highest BCUT2D eigenvalue weighted by atomic mass is 13.8. The van der Waals surface area contributed by atoms with Crippen molar-refractivity contribution >= 4 is 0 Å². The average molecular weight is 198 g/mol. The van der Waals surface area contributed by atoms with Crippen LogP contribution in [0.2, 0.25) is 0 Å². The maximum Gasteiger partial charge on any atom is -0.0345 e. The Morgan fingerprint density at radius 2 is 0.733 bits per heavy atom. The van der Waals surface area contributed by atoms with Crippen molar-refractivity contribution < 1.29 is 0 Å². The molecule has 1 aliphatic carbocycles. The molecule has 0 bridgehead atoms. The van der Waals surface area contributed by atoms with E-state index in [0.717, 1.165) is 12.8 Å². The van der Waals surface area contributed by atoms with Crippen LogP contribution in [0.5, 0.6) is 0 Å². The van der Waals surface area contributed by atoms with E-state index in [1.807, 2.05) is 36.5 Å². The van der Waals surface area contributed by atoms with Crippen molar-refractivity contribution in [1.82, 2.24) is 0 Å². The fourth-order valence-electron chi connectivity index (χ4n) is 1.22. The van der Waals surface area contributed by atoms with E-state index in [4.69, 9.17) is 0 Å². The van der Waals surface area contributed by atoms with Crippen LogP contribution in [0.1, 0.15) is 19.3 Å². The first-order chi connectivity index (χ1) is 7.50. The van der Waals surface area contributed by atoms with Gasteiger partial charge in [-0.15, -0.1) is 0 Å². The van der Waals surface area contributed by atoms with Crippen LogP contribution in [0.3, 0.4) is 0 Å². The Balaban J connectivity index is 2.51. The Labute approximate surface area is 92.7 Å². The molecule has 0 heterocycles. The zero-order chi connectivity index (χ0) is 10.6. The van der Waals surface area contributed by atoms with E-state index in [1.54, 1.807) is 0 Å². The molecule has 1 rings (SSSR count). The second-order valence-electron chi connectivity index (χ2n) is 3.33. The van der Waals surface area contributed by atoms with E-state index in [-0.39, 0.29) is 0 Å². The Kier molecular flexibility index (Phi) is 6.92. The van der Waals surface area contributed by atoms with E-state index in [2.05, 4.69) is 36.5 Å². The Morgan fingerprint density at radius 1 is 0.400 bits per heavy atom. The van der Waals surface area contributed by atoms with E-state index in [0.29, 0.717) is 0 Å². The molecule has 0 aromatic carbocycles. The molecular weight excluding hydrogens is 180 g/mol. The van der Waals surface area contributed by atoms with Gasteiger partial charge in [0.05, 0.1) is 0 Å². The van der Waals surface area contributed by atoms with Crippen LogP contribution in [0, 0.1) is 0 Å². The second kappa shape index (κ2) is 9.01. The highest BCUT2D eigenvalue weighted by molar-refractivity contribution is 5.19. The molecule has 0 amide bonds. The fraction of sp³-hybridized carbons (Fsp3) is 0.200. The molecule has 15 heavy (non-hydrogen) atoms. The van der Waals surface area contributed by atoms with Gasteiger partial charge in [-0.3, -0.25) is 0 Å². The lowest BCUT2D eigenvalue weighted by atomic mass is 10.2. The van der Waals surface area contributed by atoms with Gasteiger partial charge in [0.25, 0.3) is 0 Å². The Morgan fingerprint density at radius 3 is 1.13 bits per heavy atom. The lowest BCUT2D eigenvalue weighted by molar-refractivity contribution is 0.868. The van der Waals surface area contributed by atoms with Crippen LogP contribution in [-0.4, -0.2) is 0 Å². The molecule has 0 heteroatoms. The molecule has 0 saturated carbocycles. The molecule has 0 fully saturated rings. The molecule has 0 aromatic rings. The first-order valence-corrected chi connectivity index (χ1v) is 5.48. The molecule has 0 spiro atoms. The molecule has 0 aromatic heterocycles. The summed E-state index contributed by atoms with van der Waals surface area (Å²) in [4.78, 5) is 0. The van der Waals surface area contributed by atoms with Crippen molar-refractivity contribution in [2.24, 2.45) is 0 Å². The van der Waals surface area contributed by atoms with E-state index < -0.39 is 0 Å². The fourth-order valence-corrected chi connectivity index (χ4v) is 1.22. The van der Waals surface area contributed by atoms with Crippen molar-refractivity contribution in [3.05, 3.63) is 72.9 Å². The summed E-state index contributed by atoms with van der Waals surface area (Å²) in [6.45, 7) is 0. The van der Waals surface area contributed by atoms with Crippen LogP contribution in [0.25, 0.3) is 0 Å². The maximum absolute atomic E-state index is 2.21. The third kappa shape index (κ3) is 7.51. The number of rotatable bonds is 0. The predicted octanol–water partition coefficient (Wildman–Crippen LogP) is 4.51. The molecule has 0 N–H and O–H groups in total. The lowest BCUT2D eigenvalue weighted by Gasteiger charge is -1.88. The molecule has 0 aliphatic heterocycles. The Bertz CT molecular complexity index is 277. The SMILES string of the molecule is C1=CC=CC=CCCCC=CC=CC=C1. The van der Waals surface area contributed by atoms with Gasteiger partial charge in [0.1, 0.15) is 0 Å². The summed E-state index contributed by atoms with van der Waals surface area (Å²) in [5.74, 6) is 0. The zero-order valence-electron chi connectivity index (χ0n) is 9.05. The average Bonchev–Trinajstić information content (AvgIpc) is 2.27. The largest absolute Gasteiger partial charge is 0.0845 e. The molecule has 0 saturated heterocycles. The summed E-state index contributed by atoms with van der Waals surface area (Å²) in [7, 11) is 0. The van der Waals surface area contributed by atoms with Gasteiger partial charge < -0.3 is 0 Å². The van der Waals surface area contributed by atoms with Gasteiger partial charge >= 0.3 is 0 Å². The summed E-state index contributed by atoms with van der Waals surface area (Å²) in [6, 6.07) is 0. The highest BCUT2D eigenvalue weighted by Crippen LogP contribution is 1.98. The van der Waals surface area contributed by atoms with E-state index in [9.17, 15) is 0 Å². The van der Waals surface area contributed by atoms with Crippen molar-refractivity contribution in [3.63, 3.8) is 0 Å². The standard InChI is InChI=1S/C15H18/c1-2-4-6-8-10-12-14-15-13-11-9-7-5-3-1/h1-12H,13-15H2. The van der Waals surface area contributed by atoms with Gasteiger partial charge in [0.15, 0.2) is 0 Å². The summed E-state index contributed by atoms with van der Waals surface area (Å²) < 4.78 is 0. The normalized spacial score (nSPS) is 17.6.